The standard InChI is InChI=1S/C15H22N2/c1-9(2)16-8-13-12(5)17-14-7-10(3)6-11(4)15(13)14/h6-7,9,16-17H,8H2,1-5H3. The van der Waals surface area contributed by atoms with Crippen molar-refractivity contribution in [2.24, 2.45) is 0 Å². The second kappa shape index (κ2) is 4.53. The van der Waals surface area contributed by atoms with E-state index in [9.17, 15) is 0 Å². The van der Waals surface area contributed by atoms with Crippen LogP contribution < -0.4 is 5.32 Å². The molecule has 0 aliphatic carbocycles. The summed E-state index contributed by atoms with van der Waals surface area (Å²) in [6.07, 6.45) is 0. The van der Waals surface area contributed by atoms with Crippen molar-refractivity contribution in [3.8, 4) is 0 Å². The van der Waals surface area contributed by atoms with Crippen molar-refractivity contribution in [3.05, 3.63) is 34.5 Å². The number of aryl methyl sites for hydroxylation is 3. The van der Waals surface area contributed by atoms with E-state index in [2.05, 4.69) is 57.1 Å². The molecule has 1 aromatic carbocycles. The molecule has 0 radical (unpaired) electrons. The van der Waals surface area contributed by atoms with E-state index in [1.54, 1.807) is 0 Å². The Balaban J connectivity index is 2.51. The minimum absolute atomic E-state index is 0.519. The summed E-state index contributed by atoms with van der Waals surface area (Å²) in [5.41, 5.74) is 6.64. The molecule has 2 heteroatoms. The fourth-order valence-electron chi connectivity index (χ4n) is 2.46. The summed E-state index contributed by atoms with van der Waals surface area (Å²) in [6, 6.07) is 5.01. The molecule has 0 aliphatic rings. The molecule has 17 heavy (non-hydrogen) atoms. The molecule has 0 atom stereocenters. The van der Waals surface area contributed by atoms with Gasteiger partial charge in [-0.05, 0) is 43.5 Å². The molecule has 0 saturated carbocycles. The van der Waals surface area contributed by atoms with E-state index >= 15 is 0 Å². The highest BCUT2D eigenvalue weighted by Gasteiger charge is 2.11. The van der Waals surface area contributed by atoms with Gasteiger partial charge in [0.05, 0.1) is 0 Å². The second-order valence-corrected chi connectivity index (χ2v) is 5.27. The van der Waals surface area contributed by atoms with Crippen molar-refractivity contribution in [1.82, 2.24) is 10.3 Å². The molecule has 0 saturated heterocycles. The predicted molar refractivity (Wildman–Crippen MR) is 74.5 cm³/mol. The first kappa shape index (κ1) is 12.2. The van der Waals surface area contributed by atoms with Crippen LogP contribution in [0.25, 0.3) is 10.9 Å². The zero-order chi connectivity index (χ0) is 12.6. The number of fused-ring (bicyclic) bond motifs is 1. The van der Waals surface area contributed by atoms with Gasteiger partial charge >= 0.3 is 0 Å². The highest BCUT2D eigenvalue weighted by Crippen LogP contribution is 2.26. The number of aromatic amines is 1. The molecule has 0 fully saturated rings. The molecule has 0 bridgehead atoms. The molecule has 2 N–H and O–H groups in total. The van der Waals surface area contributed by atoms with E-state index in [0.29, 0.717) is 6.04 Å². The van der Waals surface area contributed by atoms with Gasteiger partial charge in [-0.1, -0.05) is 19.9 Å². The first-order valence-electron chi connectivity index (χ1n) is 6.31. The fourth-order valence-corrected chi connectivity index (χ4v) is 2.46. The van der Waals surface area contributed by atoms with Gasteiger partial charge in [-0.3, -0.25) is 0 Å². The number of nitrogens with one attached hydrogen (secondary N) is 2. The van der Waals surface area contributed by atoms with Crippen LogP contribution in [0.2, 0.25) is 0 Å². The van der Waals surface area contributed by atoms with Crippen molar-refractivity contribution in [2.45, 2.75) is 47.2 Å². The monoisotopic (exact) mass is 230 g/mol. The van der Waals surface area contributed by atoms with E-state index in [1.807, 2.05) is 0 Å². The minimum Gasteiger partial charge on any atom is -0.358 e. The SMILES string of the molecule is Cc1cc(C)c2c(CNC(C)C)c(C)[nH]c2c1. The molecule has 0 aliphatic heterocycles. The largest absolute Gasteiger partial charge is 0.358 e. The lowest BCUT2D eigenvalue weighted by atomic mass is 10.0. The molecule has 0 unspecified atom stereocenters. The van der Waals surface area contributed by atoms with Crippen LogP contribution in [-0.2, 0) is 6.54 Å². The van der Waals surface area contributed by atoms with E-state index in [1.165, 1.54) is 33.3 Å². The summed E-state index contributed by atoms with van der Waals surface area (Å²) in [6.45, 7) is 11.8. The molecule has 1 aromatic heterocycles. The summed E-state index contributed by atoms with van der Waals surface area (Å²) >= 11 is 0. The Morgan fingerprint density at radius 2 is 1.88 bits per heavy atom. The molecule has 1 heterocycles. The van der Waals surface area contributed by atoms with Gasteiger partial charge in [-0.2, -0.15) is 0 Å². The van der Waals surface area contributed by atoms with Crippen LogP contribution in [0.15, 0.2) is 12.1 Å². The van der Waals surface area contributed by atoms with Gasteiger partial charge in [0.2, 0.25) is 0 Å². The second-order valence-electron chi connectivity index (χ2n) is 5.27. The Labute approximate surface area is 103 Å². The van der Waals surface area contributed by atoms with Crippen molar-refractivity contribution in [1.29, 1.82) is 0 Å². The van der Waals surface area contributed by atoms with Crippen molar-refractivity contribution in [2.75, 3.05) is 0 Å². The van der Waals surface area contributed by atoms with E-state index in [4.69, 9.17) is 0 Å². The van der Waals surface area contributed by atoms with Gasteiger partial charge in [-0.15, -0.1) is 0 Å². The molecule has 0 amide bonds. The molecular formula is C15H22N2. The first-order chi connectivity index (χ1) is 7.99. The van der Waals surface area contributed by atoms with Gasteiger partial charge in [0.25, 0.3) is 0 Å². The average Bonchev–Trinajstić information content (AvgIpc) is 2.51. The van der Waals surface area contributed by atoms with E-state index < -0.39 is 0 Å². The van der Waals surface area contributed by atoms with Gasteiger partial charge < -0.3 is 10.3 Å². The molecule has 2 nitrogen and oxygen atoms in total. The number of hydrogen-bond donors (Lipinski definition) is 2. The maximum absolute atomic E-state index is 3.50. The van der Waals surface area contributed by atoms with Gasteiger partial charge in [0, 0.05) is 29.2 Å². The highest BCUT2D eigenvalue weighted by atomic mass is 14.9. The van der Waals surface area contributed by atoms with Crippen LogP contribution in [0, 0.1) is 20.8 Å². The summed E-state index contributed by atoms with van der Waals surface area (Å²) in [7, 11) is 0. The molecule has 92 valence electrons. The Hall–Kier alpha value is -1.28. The summed E-state index contributed by atoms with van der Waals surface area (Å²) < 4.78 is 0. The van der Waals surface area contributed by atoms with Crippen molar-refractivity contribution < 1.29 is 0 Å². The van der Waals surface area contributed by atoms with Gasteiger partial charge in [-0.25, -0.2) is 0 Å². The third-order valence-electron chi connectivity index (χ3n) is 3.24. The van der Waals surface area contributed by atoms with Crippen LogP contribution in [0.3, 0.4) is 0 Å². The Morgan fingerprint density at radius 1 is 1.18 bits per heavy atom. The van der Waals surface area contributed by atoms with E-state index in [0.717, 1.165) is 6.54 Å². The summed E-state index contributed by atoms with van der Waals surface area (Å²) in [5, 5.41) is 4.89. The predicted octanol–water partition coefficient (Wildman–Crippen LogP) is 3.59. The Kier molecular flexibility index (Phi) is 3.25. The van der Waals surface area contributed by atoms with Crippen molar-refractivity contribution >= 4 is 10.9 Å². The lowest BCUT2D eigenvalue weighted by molar-refractivity contribution is 0.589. The quantitative estimate of drug-likeness (QED) is 0.828. The smallest absolute Gasteiger partial charge is 0.0464 e. The Morgan fingerprint density at radius 3 is 2.53 bits per heavy atom. The highest BCUT2D eigenvalue weighted by molar-refractivity contribution is 5.88. The van der Waals surface area contributed by atoms with Gasteiger partial charge in [0.1, 0.15) is 0 Å². The first-order valence-corrected chi connectivity index (χ1v) is 6.31. The normalized spacial score (nSPS) is 11.6. The zero-order valence-electron chi connectivity index (χ0n) is 11.4. The zero-order valence-corrected chi connectivity index (χ0v) is 11.4. The van der Waals surface area contributed by atoms with Gasteiger partial charge in [0.15, 0.2) is 0 Å². The number of hydrogen-bond acceptors (Lipinski definition) is 1. The lowest BCUT2D eigenvalue weighted by Crippen LogP contribution is -2.22. The third-order valence-corrected chi connectivity index (χ3v) is 3.24. The summed E-state index contributed by atoms with van der Waals surface area (Å²) in [5.74, 6) is 0. The Bertz CT molecular complexity index is 535. The number of H-pyrrole nitrogens is 1. The van der Waals surface area contributed by atoms with Crippen LogP contribution >= 0.6 is 0 Å². The van der Waals surface area contributed by atoms with Crippen molar-refractivity contribution in [3.63, 3.8) is 0 Å². The van der Waals surface area contributed by atoms with Crippen LogP contribution in [0.4, 0.5) is 0 Å². The summed E-state index contributed by atoms with van der Waals surface area (Å²) in [4.78, 5) is 3.49. The molecule has 2 aromatic rings. The molecule has 0 spiro atoms. The van der Waals surface area contributed by atoms with E-state index in [-0.39, 0.29) is 0 Å². The maximum atomic E-state index is 3.50. The third kappa shape index (κ3) is 2.37. The maximum Gasteiger partial charge on any atom is 0.0464 e. The fraction of sp³-hybridized carbons (Fsp3) is 0.467. The molecular weight excluding hydrogens is 208 g/mol. The number of benzene rings is 1. The average molecular weight is 230 g/mol. The van der Waals surface area contributed by atoms with Crippen LogP contribution in [0.5, 0.6) is 0 Å². The molecule has 2 rings (SSSR count). The number of aromatic nitrogens is 1. The number of rotatable bonds is 3. The van der Waals surface area contributed by atoms with Crippen LogP contribution in [0.1, 0.15) is 36.2 Å². The lowest BCUT2D eigenvalue weighted by Gasteiger charge is -2.09. The topological polar surface area (TPSA) is 27.8 Å². The minimum atomic E-state index is 0.519. The van der Waals surface area contributed by atoms with Crippen LogP contribution in [-0.4, -0.2) is 11.0 Å².